The summed E-state index contributed by atoms with van der Waals surface area (Å²) in [6.07, 6.45) is 0. The Labute approximate surface area is 211 Å². The van der Waals surface area contributed by atoms with Gasteiger partial charge in [-0.15, -0.1) is 11.8 Å². The van der Waals surface area contributed by atoms with E-state index >= 15 is 0 Å². The van der Waals surface area contributed by atoms with Crippen LogP contribution in [-0.4, -0.2) is 22.5 Å². The van der Waals surface area contributed by atoms with Gasteiger partial charge in [-0.25, -0.2) is 0 Å². The van der Waals surface area contributed by atoms with Gasteiger partial charge in [-0.3, -0.25) is 19.7 Å². The fourth-order valence-corrected chi connectivity index (χ4v) is 3.85. The average molecular weight is 500 g/mol. The highest BCUT2D eigenvalue weighted by molar-refractivity contribution is 8.00. The van der Waals surface area contributed by atoms with E-state index in [1.807, 2.05) is 30.3 Å². The molecule has 8 nitrogen and oxygen atoms in total. The summed E-state index contributed by atoms with van der Waals surface area (Å²) in [6.45, 7) is 0. The van der Waals surface area contributed by atoms with Crippen molar-refractivity contribution >= 4 is 40.6 Å². The molecule has 0 saturated carbocycles. The molecule has 0 unspecified atom stereocenters. The molecule has 2 amide bonds. The summed E-state index contributed by atoms with van der Waals surface area (Å²) in [7, 11) is 0. The van der Waals surface area contributed by atoms with Gasteiger partial charge in [0.25, 0.3) is 11.6 Å². The topological polar surface area (TPSA) is 111 Å². The van der Waals surface area contributed by atoms with Gasteiger partial charge < -0.3 is 15.4 Å². The maximum atomic E-state index is 12.3. The maximum Gasteiger partial charge on any atom is 0.269 e. The number of rotatable bonds is 9. The Bertz CT molecular complexity index is 1340. The molecule has 0 atom stereocenters. The molecule has 0 aliphatic rings. The largest absolute Gasteiger partial charge is 0.457 e. The first kappa shape index (κ1) is 24.5. The van der Waals surface area contributed by atoms with Crippen molar-refractivity contribution in [3.8, 4) is 11.5 Å². The zero-order valence-corrected chi connectivity index (χ0v) is 19.7. The number of para-hydroxylation sites is 1. The van der Waals surface area contributed by atoms with Crippen LogP contribution in [0.5, 0.6) is 11.5 Å². The van der Waals surface area contributed by atoms with Gasteiger partial charge in [-0.1, -0.05) is 18.2 Å². The number of carbonyl (C=O) groups excluding carboxylic acids is 2. The Morgan fingerprint density at radius 2 is 1.33 bits per heavy atom. The normalized spacial score (nSPS) is 10.3. The molecule has 0 radical (unpaired) electrons. The third-order valence-corrected chi connectivity index (χ3v) is 5.95. The van der Waals surface area contributed by atoms with Crippen molar-refractivity contribution in [2.75, 3.05) is 16.4 Å². The molecule has 36 heavy (non-hydrogen) atoms. The third-order valence-electron chi connectivity index (χ3n) is 4.94. The van der Waals surface area contributed by atoms with Crippen molar-refractivity contribution in [1.29, 1.82) is 0 Å². The van der Waals surface area contributed by atoms with Gasteiger partial charge in [0.05, 0.1) is 10.7 Å². The number of thioether (sulfide) groups is 1. The van der Waals surface area contributed by atoms with Crippen LogP contribution in [-0.2, 0) is 4.79 Å². The zero-order chi connectivity index (χ0) is 25.3. The molecule has 2 N–H and O–H groups in total. The number of amides is 2. The number of nitrogens with zero attached hydrogens (tertiary/aromatic N) is 1. The van der Waals surface area contributed by atoms with Crippen molar-refractivity contribution in [3.05, 3.63) is 119 Å². The monoisotopic (exact) mass is 499 g/mol. The smallest absolute Gasteiger partial charge is 0.269 e. The summed E-state index contributed by atoms with van der Waals surface area (Å²) >= 11 is 1.37. The lowest BCUT2D eigenvalue weighted by molar-refractivity contribution is -0.384. The summed E-state index contributed by atoms with van der Waals surface area (Å²) in [5.74, 6) is 1.12. The highest BCUT2D eigenvalue weighted by Crippen LogP contribution is 2.24. The molecule has 9 heteroatoms. The molecule has 0 aromatic heterocycles. The number of hydrogen-bond acceptors (Lipinski definition) is 6. The van der Waals surface area contributed by atoms with E-state index < -0.39 is 4.92 Å². The lowest BCUT2D eigenvalue weighted by Gasteiger charge is -2.09. The van der Waals surface area contributed by atoms with Crippen LogP contribution in [0, 0.1) is 10.1 Å². The predicted octanol–water partition coefficient (Wildman–Crippen LogP) is 6.37. The first-order chi connectivity index (χ1) is 17.5. The molecule has 0 aliphatic carbocycles. The summed E-state index contributed by atoms with van der Waals surface area (Å²) in [6, 6.07) is 29.0. The van der Waals surface area contributed by atoms with Crippen molar-refractivity contribution in [2.45, 2.75) is 4.90 Å². The Hall–Kier alpha value is -4.63. The number of non-ortho nitro benzene ring substituents is 1. The van der Waals surface area contributed by atoms with E-state index in [1.54, 1.807) is 48.5 Å². The number of nitro benzene ring substituents is 1. The second kappa shape index (κ2) is 11.7. The van der Waals surface area contributed by atoms with Crippen LogP contribution in [0.15, 0.2) is 108 Å². The molecule has 0 bridgehead atoms. The van der Waals surface area contributed by atoms with Gasteiger partial charge in [0.15, 0.2) is 0 Å². The van der Waals surface area contributed by atoms with Crippen LogP contribution in [0.1, 0.15) is 10.4 Å². The van der Waals surface area contributed by atoms with Gasteiger partial charge in [-0.2, -0.15) is 0 Å². The standard InChI is InChI=1S/C27H21N3O5S/c31-26(28-20-8-14-24(15-9-20)35-23-4-2-1-3-5-23)18-36-25-16-10-21(11-17-25)29-27(32)19-6-12-22(13-7-19)30(33)34/h1-17H,18H2,(H,28,31)(H,29,32). The summed E-state index contributed by atoms with van der Waals surface area (Å²) in [5.41, 5.74) is 1.48. The number of hydrogen-bond donors (Lipinski definition) is 2. The molecular formula is C27H21N3O5S. The molecule has 0 spiro atoms. The summed E-state index contributed by atoms with van der Waals surface area (Å²) in [4.78, 5) is 35.8. The van der Waals surface area contributed by atoms with Crippen molar-refractivity contribution in [3.63, 3.8) is 0 Å². The van der Waals surface area contributed by atoms with Crippen LogP contribution in [0.25, 0.3) is 0 Å². The minimum absolute atomic E-state index is 0.0777. The van der Waals surface area contributed by atoms with Crippen LogP contribution >= 0.6 is 11.8 Å². The van der Waals surface area contributed by atoms with E-state index in [-0.39, 0.29) is 23.3 Å². The molecule has 0 heterocycles. The summed E-state index contributed by atoms with van der Waals surface area (Å²) < 4.78 is 5.75. The van der Waals surface area contributed by atoms with Gasteiger partial charge >= 0.3 is 0 Å². The Balaban J connectivity index is 1.23. The van der Waals surface area contributed by atoms with Crippen molar-refractivity contribution < 1.29 is 19.2 Å². The number of carbonyl (C=O) groups is 2. The van der Waals surface area contributed by atoms with Crippen LogP contribution in [0.2, 0.25) is 0 Å². The molecule has 0 aliphatic heterocycles. The number of nitrogens with one attached hydrogen (secondary N) is 2. The quantitative estimate of drug-likeness (QED) is 0.157. The molecule has 4 aromatic carbocycles. The van der Waals surface area contributed by atoms with E-state index in [0.29, 0.717) is 22.7 Å². The third kappa shape index (κ3) is 6.94. The second-order valence-corrected chi connectivity index (χ2v) is 8.61. The second-order valence-electron chi connectivity index (χ2n) is 7.56. The first-order valence-corrected chi connectivity index (χ1v) is 11.9. The van der Waals surface area contributed by atoms with Crippen LogP contribution in [0.3, 0.4) is 0 Å². The van der Waals surface area contributed by atoms with Gasteiger partial charge in [0.1, 0.15) is 11.5 Å². The van der Waals surface area contributed by atoms with E-state index in [9.17, 15) is 19.7 Å². The van der Waals surface area contributed by atoms with Crippen LogP contribution < -0.4 is 15.4 Å². The van der Waals surface area contributed by atoms with Gasteiger partial charge in [0.2, 0.25) is 5.91 Å². The Morgan fingerprint density at radius 1 is 0.750 bits per heavy atom. The highest BCUT2D eigenvalue weighted by atomic mass is 32.2. The fourth-order valence-electron chi connectivity index (χ4n) is 3.15. The summed E-state index contributed by atoms with van der Waals surface area (Å²) in [5, 5.41) is 16.3. The molecule has 0 saturated heterocycles. The SMILES string of the molecule is O=C(CSc1ccc(NC(=O)c2ccc([N+](=O)[O-])cc2)cc1)Nc1ccc(Oc2ccccc2)cc1. The molecule has 4 aromatic rings. The fraction of sp³-hybridized carbons (Fsp3) is 0.0370. The van der Waals surface area contributed by atoms with Crippen molar-refractivity contribution in [2.24, 2.45) is 0 Å². The minimum Gasteiger partial charge on any atom is -0.457 e. The zero-order valence-electron chi connectivity index (χ0n) is 18.9. The number of anilines is 2. The van der Waals surface area contributed by atoms with E-state index in [0.717, 1.165) is 10.6 Å². The molecular weight excluding hydrogens is 478 g/mol. The minimum atomic E-state index is -0.518. The number of benzene rings is 4. The van der Waals surface area contributed by atoms with E-state index in [2.05, 4.69) is 10.6 Å². The number of nitro groups is 1. The van der Waals surface area contributed by atoms with E-state index in [1.165, 1.54) is 36.0 Å². The Morgan fingerprint density at radius 3 is 1.97 bits per heavy atom. The predicted molar refractivity (Wildman–Crippen MR) is 140 cm³/mol. The van der Waals surface area contributed by atoms with Crippen LogP contribution in [0.4, 0.5) is 17.1 Å². The molecule has 180 valence electrons. The molecule has 0 fully saturated rings. The lowest BCUT2D eigenvalue weighted by atomic mass is 10.2. The Kier molecular flexibility index (Phi) is 7.94. The van der Waals surface area contributed by atoms with Crippen molar-refractivity contribution in [1.82, 2.24) is 0 Å². The lowest BCUT2D eigenvalue weighted by Crippen LogP contribution is -2.14. The maximum absolute atomic E-state index is 12.3. The first-order valence-electron chi connectivity index (χ1n) is 10.9. The van der Waals surface area contributed by atoms with Gasteiger partial charge in [-0.05, 0) is 72.8 Å². The molecule has 4 rings (SSSR count). The average Bonchev–Trinajstić information content (AvgIpc) is 2.90. The van der Waals surface area contributed by atoms with E-state index in [4.69, 9.17) is 4.74 Å². The van der Waals surface area contributed by atoms with Gasteiger partial charge in [0, 0.05) is 34.0 Å². The number of ether oxygens (including phenoxy) is 1. The highest BCUT2D eigenvalue weighted by Gasteiger charge is 2.10.